The molecule has 0 unspecified atom stereocenters. The number of benzene rings is 1. The van der Waals surface area contributed by atoms with E-state index in [1.807, 2.05) is 46.8 Å². The van der Waals surface area contributed by atoms with Crippen LogP contribution < -0.4 is 16.6 Å². The number of imidazole rings is 1. The van der Waals surface area contributed by atoms with Crippen LogP contribution in [0.2, 0.25) is 0 Å². The highest BCUT2D eigenvalue weighted by Crippen LogP contribution is 2.22. The van der Waals surface area contributed by atoms with Gasteiger partial charge in [0.2, 0.25) is 5.91 Å². The van der Waals surface area contributed by atoms with E-state index in [-0.39, 0.29) is 17.8 Å². The molecule has 0 radical (unpaired) electrons. The molecule has 0 spiro atoms. The van der Waals surface area contributed by atoms with Gasteiger partial charge in [0.15, 0.2) is 11.2 Å². The van der Waals surface area contributed by atoms with Crippen LogP contribution in [0, 0.1) is 20.8 Å². The Labute approximate surface area is 192 Å². The smallest absolute Gasteiger partial charge is 0.333 e. The molecule has 1 aromatic carbocycles. The summed E-state index contributed by atoms with van der Waals surface area (Å²) in [5.74, 6) is -0.115. The third-order valence-corrected chi connectivity index (χ3v) is 5.76. The molecule has 0 fully saturated rings. The Hall–Kier alpha value is -3.20. The maximum absolute atomic E-state index is 13.4. The van der Waals surface area contributed by atoms with Crippen LogP contribution in [0.4, 0.5) is 5.69 Å². The van der Waals surface area contributed by atoms with Gasteiger partial charge in [-0.3, -0.25) is 14.2 Å². The number of hydrogen-bond acceptors (Lipinski definition) is 5. The number of hydrogen-bond donors (Lipinski definition) is 2. The summed E-state index contributed by atoms with van der Waals surface area (Å²) < 4.78 is 4.07. The van der Waals surface area contributed by atoms with Gasteiger partial charge in [-0.05, 0) is 44.7 Å². The lowest BCUT2D eigenvalue weighted by Gasteiger charge is -2.15. The third-order valence-electron chi connectivity index (χ3n) is 5.76. The van der Waals surface area contributed by atoms with E-state index < -0.39 is 23.7 Å². The Bertz CT molecular complexity index is 1280. The number of aliphatic hydroxyl groups excluding tert-OH is 1. The highest BCUT2D eigenvalue weighted by molar-refractivity contribution is 5.92. The van der Waals surface area contributed by atoms with E-state index in [1.165, 1.54) is 4.57 Å². The van der Waals surface area contributed by atoms with Crippen molar-refractivity contribution in [3.8, 4) is 0 Å². The molecule has 2 N–H and O–H groups in total. The predicted octanol–water partition coefficient (Wildman–Crippen LogP) is 2.63. The first-order valence-corrected chi connectivity index (χ1v) is 11.4. The number of unbranched alkanes of at least 4 members (excludes halogenated alkanes) is 1. The number of fused-ring (bicyclic) bond motifs is 1. The lowest BCUT2D eigenvalue weighted by Crippen LogP contribution is -2.43. The lowest BCUT2D eigenvalue weighted by atomic mass is 10.1. The van der Waals surface area contributed by atoms with Crippen molar-refractivity contribution in [2.45, 2.75) is 80.1 Å². The molecule has 1 amide bonds. The molecule has 178 valence electrons. The summed E-state index contributed by atoms with van der Waals surface area (Å²) in [6.07, 6.45) is 2.29. The van der Waals surface area contributed by atoms with E-state index in [9.17, 15) is 19.5 Å². The Morgan fingerprint density at radius 2 is 1.67 bits per heavy atom. The molecule has 0 aliphatic heterocycles. The largest absolute Gasteiger partial charge is 0.388 e. The minimum absolute atomic E-state index is 0.243. The van der Waals surface area contributed by atoms with Gasteiger partial charge in [0.05, 0.1) is 0 Å². The zero-order valence-electron chi connectivity index (χ0n) is 20.1. The first kappa shape index (κ1) is 24.4. The number of aliphatic hydroxyl groups is 1. The lowest BCUT2D eigenvalue weighted by molar-refractivity contribution is -0.116. The van der Waals surface area contributed by atoms with Gasteiger partial charge in [0, 0.05) is 18.8 Å². The van der Waals surface area contributed by atoms with Crippen LogP contribution in [0.3, 0.4) is 0 Å². The summed E-state index contributed by atoms with van der Waals surface area (Å²) in [6.45, 7) is 9.86. The number of carbonyl (C=O) groups excluding carboxylic acids is 1. The fourth-order valence-electron chi connectivity index (χ4n) is 4.28. The van der Waals surface area contributed by atoms with Crippen LogP contribution in [0.5, 0.6) is 0 Å². The Balaban J connectivity index is 2.12. The summed E-state index contributed by atoms with van der Waals surface area (Å²) in [5.41, 5.74) is 2.96. The molecular weight excluding hydrogens is 422 g/mol. The molecule has 0 saturated carbocycles. The van der Waals surface area contributed by atoms with Gasteiger partial charge in [-0.1, -0.05) is 38.0 Å². The highest BCUT2D eigenvalue weighted by atomic mass is 16.3. The number of anilines is 1. The van der Waals surface area contributed by atoms with Crippen molar-refractivity contribution >= 4 is 22.8 Å². The highest BCUT2D eigenvalue weighted by Gasteiger charge is 2.22. The van der Waals surface area contributed by atoms with Crippen molar-refractivity contribution < 1.29 is 9.90 Å². The van der Waals surface area contributed by atoms with Crippen molar-refractivity contribution in [1.82, 2.24) is 18.7 Å². The topological polar surface area (TPSA) is 111 Å². The molecule has 3 aromatic rings. The quantitative estimate of drug-likeness (QED) is 0.515. The molecule has 0 aliphatic carbocycles. The SMILES string of the molecule is CCCCn1c(=O)n(CC(=O)Nc2c(C)cc(C)cc2C)c(=O)c2c1nc(CO)n2CCC. The second-order valence-electron chi connectivity index (χ2n) is 8.51. The molecule has 2 aromatic heterocycles. The van der Waals surface area contributed by atoms with Crippen molar-refractivity contribution in [2.75, 3.05) is 5.32 Å². The normalized spacial score (nSPS) is 11.3. The molecule has 9 heteroatoms. The van der Waals surface area contributed by atoms with Gasteiger partial charge in [0.1, 0.15) is 19.0 Å². The van der Waals surface area contributed by atoms with E-state index in [1.54, 1.807) is 4.57 Å². The van der Waals surface area contributed by atoms with Crippen LogP contribution in [0.1, 0.15) is 55.6 Å². The zero-order chi connectivity index (χ0) is 24.3. The summed E-state index contributed by atoms with van der Waals surface area (Å²) in [6, 6.07) is 3.94. The van der Waals surface area contributed by atoms with Crippen LogP contribution >= 0.6 is 0 Å². The van der Waals surface area contributed by atoms with E-state index >= 15 is 0 Å². The molecule has 2 heterocycles. The zero-order valence-corrected chi connectivity index (χ0v) is 20.1. The van der Waals surface area contributed by atoms with Gasteiger partial charge in [-0.2, -0.15) is 0 Å². The Morgan fingerprint density at radius 3 is 2.24 bits per heavy atom. The van der Waals surface area contributed by atoms with Gasteiger partial charge in [0.25, 0.3) is 5.56 Å². The number of rotatable bonds is 9. The fraction of sp³-hybridized carbons (Fsp3) is 0.500. The fourth-order valence-corrected chi connectivity index (χ4v) is 4.28. The summed E-state index contributed by atoms with van der Waals surface area (Å²) in [7, 11) is 0. The standard InChI is InChI=1S/C24H33N5O4/c1-6-8-10-28-22-21(27(9-7-2)18(14-30)25-22)23(32)29(24(28)33)13-19(31)26-20-16(4)11-15(3)12-17(20)5/h11-12,30H,6-10,13-14H2,1-5H3,(H,26,31). The molecule has 0 saturated heterocycles. The van der Waals surface area contributed by atoms with Crippen LogP contribution in [-0.4, -0.2) is 29.7 Å². The predicted molar refractivity (Wildman–Crippen MR) is 129 cm³/mol. The van der Waals surface area contributed by atoms with Gasteiger partial charge in [-0.15, -0.1) is 0 Å². The monoisotopic (exact) mass is 455 g/mol. The Kier molecular flexibility index (Phi) is 7.53. The number of nitrogens with one attached hydrogen (secondary N) is 1. The maximum atomic E-state index is 13.4. The molecule has 0 bridgehead atoms. The summed E-state index contributed by atoms with van der Waals surface area (Å²) in [4.78, 5) is 44.0. The minimum Gasteiger partial charge on any atom is -0.388 e. The number of aromatic nitrogens is 4. The van der Waals surface area contributed by atoms with E-state index in [0.717, 1.165) is 40.5 Å². The maximum Gasteiger partial charge on any atom is 0.333 e. The number of aryl methyl sites for hydroxylation is 5. The Morgan fingerprint density at radius 1 is 1.00 bits per heavy atom. The van der Waals surface area contributed by atoms with Gasteiger partial charge < -0.3 is 15.0 Å². The van der Waals surface area contributed by atoms with E-state index in [4.69, 9.17) is 0 Å². The average molecular weight is 456 g/mol. The van der Waals surface area contributed by atoms with Crippen LogP contribution in [0.15, 0.2) is 21.7 Å². The van der Waals surface area contributed by atoms with Crippen molar-refractivity contribution in [2.24, 2.45) is 0 Å². The summed E-state index contributed by atoms with van der Waals surface area (Å²) in [5, 5.41) is 12.6. The van der Waals surface area contributed by atoms with Gasteiger partial charge in [-0.25, -0.2) is 14.3 Å². The average Bonchev–Trinajstić information content (AvgIpc) is 3.12. The number of amides is 1. The molecule has 0 aliphatic rings. The van der Waals surface area contributed by atoms with E-state index in [2.05, 4.69) is 10.3 Å². The van der Waals surface area contributed by atoms with Gasteiger partial charge >= 0.3 is 5.69 Å². The third kappa shape index (κ3) is 4.78. The molecular formula is C24H33N5O4. The molecule has 3 rings (SSSR count). The molecule has 0 atom stereocenters. The number of nitrogens with zero attached hydrogens (tertiary/aromatic N) is 4. The minimum atomic E-state index is -0.573. The first-order chi connectivity index (χ1) is 15.7. The van der Waals surface area contributed by atoms with Crippen LogP contribution in [-0.2, 0) is 31.0 Å². The van der Waals surface area contributed by atoms with Crippen molar-refractivity contribution in [3.05, 3.63) is 55.5 Å². The summed E-state index contributed by atoms with van der Waals surface area (Å²) >= 11 is 0. The molecule has 33 heavy (non-hydrogen) atoms. The second-order valence-corrected chi connectivity index (χ2v) is 8.51. The number of carbonyl (C=O) groups is 1. The van der Waals surface area contributed by atoms with E-state index in [0.29, 0.717) is 24.6 Å². The van der Waals surface area contributed by atoms with Crippen LogP contribution in [0.25, 0.3) is 11.2 Å². The van der Waals surface area contributed by atoms with Crippen molar-refractivity contribution in [3.63, 3.8) is 0 Å². The van der Waals surface area contributed by atoms with Crippen molar-refractivity contribution in [1.29, 1.82) is 0 Å². The molecule has 9 nitrogen and oxygen atoms in total. The first-order valence-electron chi connectivity index (χ1n) is 11.4. The second kappa shape index (κ2) is 10.2.